The summed E-state index contributed by atoms with van der Waals surface area (Å²) < 4.78 is 9.73. The van der Waals surface area contributed by atoms with Crippen molar-refractivity contribution in [2.45, 2.75) is 58.8 Å². The van der Waals surface area contributed by atoms with Crippen LogP contribution in [0.1, 0.15) is 81.0 Å². The maximum absolute atomic E-state index is 12.1. The number of esters is 2. The highest BCUT2D eigenvalue weighted by Gasteiger charge is 1.99. The fourth-order valence-corrected chi connectivity index (χ4v) is 4.16. The van der Waals surface area contributed by atoms with Crippen LogP contribution in [0.2, 0.25) is 0 Å². The van der Waals surface area contributed by atoms with Crippen molar-refractivity contribution in [3.8, 4) is 0 Å². The van der Waals surface area contributed by atoms with Gasteiger partial charge in [-0.2, -0.15) is 0 Å². The lowest BCUT2D eigenvalue weighted by molar-refractivity contribution is -0.138. The van der Waals surface area contributed by atoms with E-state index in [0.29, 0.717) is 26.3 Å². The first kappa shape index (κ1) is 36.5. The van der Waals surface area contributed by atoms with Gasteiger partial charge in [-0.05, 0) is 73.2 Å². The molecule has 8 nitrogen and oxygen atoms in total. The Morgan fingerprint density at radius 3 is 1.09 bits per heavy atom. The van der Waals surface area contributed by atoms with E-state index in [2.05, 4.69) is 10.6 Å². The molecule has 2 aromatic rings. The van der Waals surface area contributed by atoms with Crippen LogP contribution in [0.25, 0.3) is 24.3 Å². The fourth-order valence-electron chi connectivity index (χ4n) is 4.16. The van der Waals surface area contributed by atoms with Gasteiger partial charge < -0.3 is 20.1 Å². The highest BCUT2D eigenvalue weighted by Crippen LogP contribution is 2.10. The van der Waals surface area contributed by atoms with Gasteiger partial charge in [0.1, 0.15) is 0 Å². The van der Waals surface area contributed by atoms with Gasteiger partial charge in [0.15, 0.2) is 0 Å². The Balaban J connectivity index is 1.47. The Morgan fingerprint density at radius 1 is 0.489 bits per heavy atom. The van der Waals surface area contributed by atoms with Gasteiger partial charge in [0.2, 0.25) is 11.8 Å². The molecule has 0 heterocycles. The number of ether oxygens (including phenoxy) is 2. The van der Waals surface area contributed by atoms with Crippen LogP contribution in [0.5, 0.6) is 0 Å². The Morgan fingerprint density at radius 2 is 0.778 bits per heavy atom. The molecule has 0 aromatic heterocycles. The van der Waals surface area contributed by atoms with Gasteiger partial charge in [-0.1, -0.05) is 80.6 Å². The van der Waals surface area contributed by atoms with Gasteiger partial charge in [-0.25, -0.2) is 9.59 Å². The van der Waals surface area contributed by atoms with Gasteiger partial charge in [0, 0.05) is 37.4 Å². The second-order valence-electron chi connectivity index (χ2n) is 10.2. The van der Waals surface area contributed by atoms with Gasteiger partial charge in [0.25, 0.3) is 0 Å². The molecule has 45 heavy (non-hydrogen) atoms. The summed E-state index contributed by atoms with van der Waals surface area (Å²) >= 11 is 0. The number of carbonyl (C=O) groups is 4. The molecule has 0 saturated carbocycles. The number of unbranched alkanes of at least 4 members (excludes halogenated alkanes) is 6. The summed E-state index contributed by atoms with van der Waals surface area (Å²) in [5, 5.41) is 5.84. The molecule has 2 N–H and O–H groups in total. The van der Waals surface area contributed by atoms with Crippen LogP contribution in [-0.4, -0.2) is 50.1 Å². The normalized spacial score (nSPS) is 11.4. The maximum atomic E-state index is 12.1. The molecule has 0 bridgehead atoms. The number of nitrogens with one attached hydrogen (secondary N) is 2. The minimum atomic E-state index is -0.370. The van der Waals surface area contributed by atoms with Crippen molar-refractivity contribution in [1.29, 1.82) is 0 Å². The standard InChI is InChI=1S/C37H46N2O6/c1-3-44-36(42)26-22-32-16-12-30(13-17-32)20-24-34(40)38-28-10-8-6-5-7-9-11-29-39-35(41)25-21-31-14-18-33(19-15-31)23-27-37(43)45-4-2/h12-27H,3-11,28-29H2,1-2H3,(H,38,40)(H,39,41)/b24-20-,25-21+,26-22+,27-23+. The van der Waals surface area contributed by atoms with E-state index in [1.165, 1.54) is 24.3 Å². The summed E-state index contributed by atoms with van der Waals surface area (Å²) in [5.41, 5.74) is 3.56. The molecule has 0 aliphatic heterocycles. The lowest BCUT2D eigenvalue weighted by Crippen LogP contribution is -2.22. The third-order valence-electron chi connectivity index (χ3n) is 6.58. The number of carbonyl (C=O) groups excluding carboxylic acids is 4. The third-order valence-corrected chi connectivity index (χ3v) is 6.58. The van der Waals surface area contributed by atoms with E-state index in [1.807, 2.05) is 48.5 Å². The van der Waals surface area contributed by atoms with Crippen molar-refractivity contribution in [3.05, 3.63) is 95.1 Å². The maximum Gasteiger partial charge on any atom is 0.330 e. The first-order chi connectivity index (χ1) is 21.9. The summed E-state index contributed by atoms with van der Waals surface area (Å²) in [6.45, 7) is 5.52. The van der Waals surface area contributed by atoms with Gasteiger partial charge in [-0.3, -0.25) is 9.59 Å². The summed E-state index contributed by atoms with van der Waals surface area (Å²) in [6.07, 6.45) is 20.2. The average molecular weight is 615 g/mol. The molecule has 0 saturated heterocycles. The third kappa shape index (κ3) is 17.9. The quantitative estimate of drug-likeness (QED) is 0.0997. The van der Waals surface area contributed by atoms with Gasteiger partial charge in [0.05, 0.1) is 13.2 Å². The van der Waals surface area contributed by atoms with E-state index < -0.39 is 0 Å². The van der Waals surface area contributed by atoms with E-state index in [0.717, 1.165) is 67.2 Å². The molecule has 0 aliphatic rings. The zero-order chi connectivity index (χ0) is 32.5. The molecular formula is C37H46N2O6. The van der Waals surface area contributed by atoms with Crippen LogP contribution < -0.4 is 10.6 Å². The molecule has 0 fully saturated rings. The average Bonchev–Trinajstić information content (AvgIpc) is 3.04. The number of hydrogen-bond donors (Lipinski definition) is 2. The van der Waals surface area contributed by atoms with Crippen molar-refractivity contribution in [1.82, 2.24) is 10.6 Å². The van der Waals surface area contributed by atoms with Crippen LogP contribution in [0, 0.1) is 0 Å². The van der Waals surface area contributed by atoms with Crippen LogP contribution in [0.4, 0.5) is 0 Å². The predicted molar refractivity (Wildman–Crippen MR) is 181 cm³/mol. The lowest BCUT2D eigenvalue weighted by Gasteiger charge is -2.04. The second-order valence-corrected chi connectivity index (χ2v) is 10.2. The predicted octanol–water partition coefficient (Wildman–Crippen LogP) is 6.53. The van der Waals surface area contributed by atoms with Crippen molar-refractivity contribution in [2.75, 3.05) is 26.3 Å². The van der Waals surface area contributed by atoms with E-state index >= 15 is 0 Å². The number of hydrogen-bond acceptors (Lipinski definition) is 6. The highest BCUT2D eigenvalue weighted by atomic mass is 16.5. The van der Waals surface area contributed by atoms with Crippen molar-refractivity contribution in [3.63, 3.8) is 0 Å². The fraction of sp³-hybridized carbons (Fsp3) is 0.351. The largest absolute Gasteiger partial charge is 0.463 e. The van der Waals surface area contributed by atoms with Crippen LogP contribution in [-0.2, 0) is 28.7 Å². The summed E-state index contributed by atoms with van der Waals surface area (Å²) in [4.78, 5) is 46.9. The van der Waals surface area contributed by atoms with Crippen molar-refractivity contribution < 1.29 is 28.7 Å². The van der Waals surface area contributed by atoms with Crippen molar-refractivity contribution >= 4 is 48.1 Å². The Kier molecular flexibility index (Phi) is 18.5. The smallest absolute Gasteiger partial charge is 0.330 e. The van der Waals surface area contributed by atoms with E-state index in [9.17, 15) is 19.2 Å². The monoisotopic (exact) mass is 614 g/mol. The van der Waals surface area contributed by atoms with E-state index in [1.54, 1.807) is 38.2 Å². The molecule has 0 aliphatic carbocycles. The number of rotatable bonds is 20. The Labute approximate surface area is 267 Å². The zero-order valence-corrected chi connectivity index (χ0v) is 26.5. The number of benzene rings is 2. The summed E-state index contributed by atoms with van der Waals surface area (Å²) in [5.74, 6) is -0.969. The zero-order valence-electron chi connectivity index (χ0n) is 26.5. The highest BCUT2D eigenvalue weighted by molar-refractivity contribution is 5.92. The molecule has 0 spiro atoms. The molecule has 240 valence electrons. The molecule has 0 atom stereocenters. The topological polar surface area (TPSA) is 111 Å². The van der Waals surface area contributed by atoms with Crippen LogP contribution in [0.3, 0.4) is 0 Å². The molecule has 8 heteroatoms. The van der Waals surface area contributed by atoms with E-state index in [-0.39, 0.29) is 23.8 Å². The van der Waals surface area contributed by atoms with Gasteiger partial charge in [-0.15, -0.1) is 0 Å². The molecule has 2 rings (SSSR count). The molecule has 2 aromatic carbocycles. The molecule has 0 radical (unpaired) electrons. The lowest BCUT2D eigenvalue weighted by atomic mass is 10.1. The summed E-state index contributed by atoms with van der Waals surface area (Å²) in [6, 6.07) is 15.1. The van der Waals surface area contributed by atoms with Crippen molar-refractivity contribution in [2.24, 2.45) is 0 Å². The summed E-state index contributed by atoms with van der Waals surface area (Å²) in [7, 11) is 0. The second kappa shape index (κ2) is 22.8. The minimum Gasteiger partial charge on any atom is -0.463 e. The minimum absolute atomic E-state index is 0.115. The first-order valence-corrected chi connectivity index (χ1v) is 15.7. The number of amides is 2. The van der Waals surface area contributed by atoms with Crippen LogP contribution in [0.15, 0.2) is 72.8 Å². The molecular weight excluding hydrogens is 568 g/mol. The van der Waals surface area contributed by atoms with E-state index in [4.69, 9.17) is 9.47 Å². The van der Waals surface area contributed by atoms with Gasteiger partial charge >= 0.3 is 11.9 Å². The Bertz CT molecular complexity index is 1210. The Hall–Kier alpha value is -4.72. The molecule has 2 amide bonds. The SMILES string of the molecule is CCOC(=O)/C=C/c1ccc(/C=C\C(=O)NCCCCCCCCCNC(=O)/C=C/c2ccc(/C=C/C(=O)OCC)cc2)cc1. The molecule has 0 unspecified atom stereocenters. The first-order valence-electron chi connectivity index (χ1n) is 15.7. The van der Waals surface area contributed by atoms with Crippen LogP contribution >= 0.6 is 0 Å².